The van der Waals surface area contributed by atoms with Crippen LogP contribution in [0.5, 0.6) is 11.5 Å². The van der Waals surface area contributed by atoms with Crippen LogP contribution in [0.15, 0.2) is 36.0 Å². The number of rotatable bonds is 7. The van der Waals surface area contributed by atoms with Crippen LogP contribution in [0, 0.1) is 0 Å². The predicted molar refractivity (Wildman–Crippen MR) is 90.1 cm³/mol. The first-order chi connectivity index (χ1) is 11.7. The number of hydrogen-bond donors (Lipinski definition) is 1. The molecule has 2 aromatic rings. The topological polar surface area (TPSA) is 78.3 Å². The highest BCUT2D eigenvalue weighted by atomic mass is 32.2. The summed E-state index contributed by atoms with van der Waals surface area (Å²) in [5.74, 6) is 2.00. The molecule has 126 valence electrons. The third kappa shape index (κ3) is 3.53. The molecule has 1 aromatic heterocycles. The average molecular weight is 346 g/mol. The molecule has 1 aliphatic heterocycles. The maximum absolute atomic E-state index is 12.2. The van der Waals surface area contributed by atoms with Gasteiger partial charge < -0.3 is 19.4 Å². The van der Waals surface area contributed by atoms with Gasteiger partial charge in [0.15, 0.2) is 22.5 Å². The van der Waals surface area contributed by atoms with Gasteiger partial charge in [-0.1, -0.05) is 23.9 Å². The Hall–Kier alpha value is -2.48. The summed E-state index contributed by atoms with van der Waals surface area (Å²) < 4.78 is 12.5. The van der Waals surface area contributed by atoms with Crippen LogP contribution >= 0.6 is 11.8 Å². The summed E-state index contributed by atoms with van der Waals surface area (Å²) in [6.45, 7) is 4.89. The molecule has 0 saturated carbocycles. The molecular weight excluding hydrogens is 328 g/mol. The molecular formula is C16H18N4O3S. The van der Waals surface area contributed by atoms with E-state index >= 15 is 0 Å². The van der Waals surface area contributed by atoms with Crippen LogP contribution in [-0.2, 0) is 24.3 Å². The van der Waals surface area contributed by atoms with E-state index < -0.39 is 0 Å². The Morgan fingerprint density at radius 3 is 3.04 bits per heavy atom. The number of thioether (sulfide) groups is 1. The fourth-order valence-electron chi connectivity index (χ4n) is 2.39. The number of aromatic nitrogens is 3. The Morgan fingerprint density at radius 2 is 2.25 bits per heavy atom. The molecule has 8 heteroatoms. The van der Waals surface area contributed by atoms with Crippen molar-refractivity contribution in [1.29, 1.82) is 0 Å². The summed E-state index contributed by atoms with van der Waals surface area (Å²) in [7, 11) is 0. The summed E-state index contributed by atoms with van der Waals surface area (Å²) in [5, 5.41) is 11.9. The third-order valence-electron chi connectivity index (χ3n) is 3.53. The zero-order valence-corrected chi connectivity index (χ0v) is 14.1. The van der Waals surface area contributed by atoms with Crippen LogP contribution in [-0.4, -0.2) is 33.7 Å². The number of carbonyl (C=O) groups is 1. The Balaban J connectivity index is 1.60. The fourth-order valence-corrected chi connectivity index (χ4v) is 2.91. The summed E-state index contributed by atoms with van der Waals surface area (Å²) in [5.41, 5.74) is 0.870. The van der Waals surface area contributed by atoms with Crippen molar-refractivity contribution in [2.24, 2.45) is 0 Å². The maximum atomic E-state index is 12.2. The van der Waals surface area contributed by atoms with Gasteiger partial charge in [-0.15, -0.1) is 16.8 Å². The molecule has 7 nitrogen and oxygen atoms in total. The van der Waals surface area contributed by atoms with Crippen molar-refractivity contribution in [3.8, 4) is 11.5 Å². The molecule has 0 bridgehead atoms. The van der Waals surface area contributed by atoms with Gasteiger partial charge in [-0.25, -0.2) is 0 Å². The van der Waals surface area contributed by atoms with Crippen LogP contribution in [0.1, 0.15) is 11.4 Å². The summed E-state index contributed by atoms with van der Waals surface area (Å²) >= 11 is 1.51. The van der Waals surface area contributed by atoms with Gasteiger partial charge in [0, 0.05) is 6.54 Å². The number of allylic oxidation sites excluding steroid dienone is 1. The number of carbonyl (C=O) groups excluding carboxylic acids is 1. The summed E-state index contributed by atoms with van der Waals surface area (Å²) in [6.07, 6.45) is 3.98. The van der Waals surface area contributed by atoms with E-state index in [0.29, 0.717) is 30.4 Å². The Labute approximate surface area is 144 Å². The van der Waals surface area contributed by atoms with Crippen molar-refractivity contribution in [1.82, 2.24) is 20.1 Å². The molecule has 3 rings (SSSR count). The number of amides is 1. The van der Waals surface area contributed by atoms with Crippen LogP contribution in [0.25, 0.3) is 0 Å². The molecule has 0 aliphatic carbocycles. The second-order valence-corrected chi connectivity index (χ2v) is 5.92. The quantitative estimate of drug-likeness (QED) is 0.608. The zero-order valence-electron chi connectivity index (χ0n) is 13.3. The van der Waals surface area contributed by atoms with E-state index in [1.807, 2.05) is 29.0 Å². The van der Waals surface area contributed by atoms with Crippen molar-refractivity contribution >= 4 is 17.7 Å². The van der Waals surface area contributed by atoms with Gasteiger partial charge >= 0.3 is 0 Å². The van der Waals surface area contributed by atoms with Gasteiger partial charge in [-0.2, -0.15) is 0 Å². The first-order valence-corrected chi connectivity index (χ1v) is 8.66. The van der Waals surface area contributed by atoms with Gasteiger partial charge in [0.1, 0.15) is 0 Å². The normalized spacial score (nSPS) is 12.2. The first-order valence-electron chi connectivity index (χ1n) is 7.43. The van der Waals surface area contributed by atoms with E-state index in [0.717, 1.165) is 10.7 Å². The van der Waals surface area contributed by atoms with E-state index in [2.05, 4.69) is 22.1 Å². The van der Waals surface area contributed by atoms with Crippen molar-refractivity contribution in [2.75, 3.05) is 13.0 Å². The van der Waals surface area contributed by atoms with Crippen LogP contribution in [0.3, 0.4) is 0 Å². The second kappa shape index (κ2) is 7.39. The second-order valence-electron chi connectivity index (χ2n) is 5.14. The number of ether oxygens (including phenoxy) is 2. The number of nitrogens with one attached hydrogen (secondary N) is 1. The lowest BCUT2D eigenvalue weighted by molar-refractivity contribution is -0.120. The van der Waals surface area contributed by atoms with Gasteiger partial charge in [-0.05, 0) is 24.0 Å². The molecule has 1 aromatic carbocycles. The molecule has 1 aliphatic rings. The molecule has 24 heavy (non-hydrogen) atoms. The van der Waals surface area contributed by atoms with Crippen molar-refractivity contribution in [2.45, 2.75) is 24.7 Å². The molecule has 0 fully saturated rings. The largest absolute Gasteiger partial charge is 0.454 e. The highest BCUT2D eigenvalue weighted by Crippen LogP contribution is 2.32. The van der Waals surface area contributed by atoms with Crippen LogP contribution < -0.4 is 14.8 Å². The van der Waals surface area contributed by atoms with E-state index in [1.165, 1.54) is 11.8 Å². The van der Waals surface area contributed by atoms with Gasteiger partial charge in [0.05, 0.1) is 13.0 Å². The molecule has 0 unspecified atom stereocenters. The third-order valence-corrected chi connectivity index (χ3v) is 4.20. The zero-order chi connectivity index (χ0) is 16.9. The Kier molecular flexibility index (Phi) is 5.05. The molecule has 0 saturated heterocycles. The van der Waals surface area contributed by atoms with Crippen molar-refractivity contribution in [3.05, 3.63) is 42.2 Å². The average Bonchev–Trinajstić information content (AvgIpc) is 3.19. The number of fused-ring (bicyclic) bond motifs is 1. The minimum atomic E-state index is -0.0901. The number of benzene rings is 1. The fraction of sp³-hybridized carbons (Fsp3) is 0.312. The highest BCUT2D eigenvalue weighted by molar-refractivity contribution is 7.98. The van der Waals surface area contributed by atoms with Gasteiger partial charge in [-0.3, -0.25) is 4.79 Å². The molecule has 1 amide bonds. The standard InChI is InChI=1S/C16H18N4O3S/c1-3-6-20-14(18-19-16(20)24-2)9-17-15(21)8-11-4-5-12-13(7-11)23-10-22-12/h3-5,7H,1,6,8-10H2,2H3,(H,17,21). The SMILES string of the molecule is C=CCn1c(CNC(=O)Cc2ccc3c(c2)OCO3)nnc1SC. The van der Waals surface area contributed by atoms with E-state index in [9.17, 15) is 4.79 Å². The lowest BCUT2D eigenvalue weighted by Gasteiger charge is -2.08. The molecule has 1 N–H and O–H groups in total. The summed E-state index contributed by atoms with van der Waals surface area (Å²) in [6, 6.07) is 5.50. The lowest BCUT2D eigenvalue weighted by Crippen LogP contribution is -2.26. The minimum Gasteiger partial charge on any atom is -0.454 e. The van der Waals surface area contributed by atoms with Crippen molar-refractivity contribution < 1.29 is 14.3 Å². The minimum absolute atomic E-state index is 0.0901. The maximum Gasteiger partial charge on any atom is 0.231 e. The lowest BCUT2D eigenvalue weighted by atomic mass is 10.1. The van der Waals surface area contributed by atoms with Gasteiger partial charge in [0.25, 0.3) is 0 Å². The molecule has 0 radical (unpaired) electrons. The number of hydrogen-bond acceptors (Lipinski definition) is 6. The predicted octanol–water partition coefficient (Wildman–Crippen LogP) is 1.77. The van der Waals surface area contributed by atoms with Crippen LogP contribution in [0.4, 0.5) is 0 Å². The monoisotopic (exact) mass is 346 g/mol. The Morgan fingerprint density at radius 1 is 1.42 bits per heavy atom. The smallest absolute Gasteiger partial charge is 0.231 e. The molecule has 2 heterocycles. The van der Waals surface area contributed by atoms with Crippen LogP contribution in [0.2, 0.25) is 0 Å². The summed E-state index contributed by atoms with van der Waals surface area (Å²) in [4.78, 5) is 12.2. The van der Waals surface area contributed by atoms with Gasteiger partial charge in [0.2, 0.25) is 12.7 Å². The first kappa shape index (κ1) is 16.4. The molecule has 0 spiro atoms. The van der Waals surface area contributed by atoms with E-state index in [-0.39, 0.29) is 19.1 Å². The highest BCUT2D eigenvalue weighted by Gasteiger charge is 2.15. The number of nitrogens with zero attached hydrogens (tertiary/aromatic N) is 3. The molecule has 0 atom stereocenters. The van der Waals surface area contributed by atoms with E-state index in [1.54, 1.807) is 6.08 Å². The van der Waals surface area contributed by atoms with E-state index in [4.69, 9.17) is 9.47 Å². The Bertz CT molecular complexity index is 760. The van der Waals surface area contributed by atoms with Crippen molar-refractivity contribution in [3.63, 3.8) is 0 Å².